The van der Waals surface area contributed by atoms with Gasteiger partial charge in [0.05, 0.1) is 13.2 Å². The van der Waals surface area contributed by atoms with Gasteiger partial charge in [-0.2, -0.15) is 0 Å². The fourth-order valence-electron chi connectivity index (χ4n) is 1.75. The van der Waals surface area contributed by atoms with E-state index < -0.39 is 5.54 Å². The highest BCUT2D eigenvalue weighted by molar-refractivity contribution is 5.79. The minimum atomic E-state index is -0.861. The van der Waals surface area contributed by atoms with E-state index in [-0.39, 0.29) is 5.97 Å². The van der Waals surface area contributed by atoms with Crippen LogP contribution in [-0.4, -0.2) is 56.4 Å². The van der Waals surface area contributed by atoms with Crippen LogP contribution in [0, 0.1) is 0 Å². The molecule has 0 aliphatic rings. The Morgan fingerprint density at radius 1 is 1.21 bits per heavy atom. The van der Waals surface area contributed by atoms with Crippen molar-refractivity contribution in [2.75, 3.05) is 40.0 Å². The molecule has 0 heterocycles. The molecule has 19 heavy (non-hydrogen) atoms. The lowest BCUT2D eigenvalue weighted by Crippen LogP contribution is -2.46. The topological polar surface area (TPSA) is 64.8 Å². The summed E-state index contributed by atoms with van der Waals surface area (Å²) in [5.41, 5.74) is 5.09. The van der Waals surface area contributed by atoms with Crippen molar-refractivity contribution in [1.29, 1.82) is 0 Å². The zero-order chi connectivity index (χ0) is 14.7. The van der Waals surface area contributed by atoms with Gasteiger partial charge in [0.1, 0.15) is 5.54 Å². The predicted molar refractivity (Wildman–Crippen MR) is 77.1 cm³/mol. The summed E-state index contributed by atoms with van der Waals surface area (Å²) in [5.74, 6) is -0.306. The van der Waals surface area contributed by atoms with Crippen LogP contribution in [0.2, 0.25) is 0 Å². The maximum Gasteiger partial charge on any atom is 0.325 e. The lowest BCUT2D eigenvalue weighted by molar-refractivity contribution is -0.149. The van der Waals surface area contributed by atoms with Crippen LogP contribution in [0.5, 0.6) is 0 Å². The van der Waals surface area contributed by atoms with Crippen molar-refractivity contribution < 1.29 is 14.3 Å². The molecule has 0 rings (SSSR count). The number of carbonyl (C=O) groups is 1. The lowest BCUT2D eigenvalue weighted by Gasteiger charge is -2.23. The molecule has 5 heteroatoms. The number of nitrogens with zero attached hydrogens (tertiary/aromatic N) is 1. The van der Waals surface area contributed by atoms with Gasteiger partial charge in [0.2, 0.25) is 0 Å². The standard InChI is InChI=1S/C14H30N2O3/c1-5-18-12-11-16(4)10-8-7-9-14(3,15)13(17)19-6-2/h5-12,15H2,1-4H3. The fraction of sp³-hybridized carbons (Fsp3) is 0.929. The number of rotatable bonds is 11. The first-order valence-corrected chi connectivity index (χ1v) is 7.16. The van der Waals surface area contributed by atoms with Crippen molar-refractivity contribution in [1.82, 2.24) is 4.90 Å². The Balaban J connectivity index is 3.69. The highest BCUT2D eigenvalue weighted by Gasteiger charge is 2.28. The third-order valence-electron chi connectivity index (χ3n) is 3.05. The SMILES string of the molecule is CCOCCN(C)CCCCC(C)(N)C(=O)OCC. The molecular weight excluding hydrogens is 244 g/mol. The van der Waals surface area contributed by atoms with Gasteiger partial charge in [-0.3, -0.25) is 4.79 Å². The van der Waals surface area contributed by atoms with Crippen molar-refractivity contribution in [3.05, 3.63) is 0 Å². The Morgan fingerprint density at radius 3 is 2.47 bits per heavy atom. The summed E-state index contributed by atoms with van der Waals surface area (Å²) < 4.78 is 10.3. The zero-order valence-electron chi connectivity index (χ0n) is 12.9. The highest BCUT2D eigenvalue weighted by Crippen LogP contribution is 2.13. The highest BCUT2D eigenvalue weighted by atomic mass is 16.5. The van der Waals surface area contributed by atoms with E-state index in [1.165, 1.54) is 0 Å². The van der Waals surface area contributed by atoms with Gasteiger partial charge in [0, 0.05) is 13.2 Å². The van der Waals surface area contributed by atoms with E-state index in [1.54, 1.807) is 13.8 Å². The van der Waals surface area contributed by atoms with E-state index in [2.05, 4.69) is 11.9 Å². The largest absolute Gasteiger partial charge is 0.465 e. The average Bonchev–Trinajstić information content (AvgIpc) is 2.35. The van der Waals surface area contributed by atoms with Gasteiger partial charge in [-0.25, -0.2) is 0 Å². The van der Waals surface area contributed by atoms with Crippen LogP contribution in [0.3, 0.4) is 0 Å². The van der Waals surface area contributed by atoms with Crippen LogP contribution in [0.15, 0.2) is 0 Å². The average molecular weight is 274 g/mol. The predicted octanol–water partition coefficient (Wildman–Crippen LogP) is 1.41. The zero-order valence-corrected chi connectivity index (χ0v) is 12.9. The van der Waals surface area contributed by atoms with Crippen molar-refractivity contribution in [2.24, 2.45) is 5.73 Å². The van der Waals surface area contributed by atoms with E-state index >= 15 is 0 Å². The van der Waals surface area contributed by atoms with E-state index in [0.717, 1.165) is 39.1 Å². The Bertz CT molecular complexity index is 245. The summed E-state index contributed by atoms with van der Waals surface area (Å²) >= 11 is 0. The normalized spacial score (nSPS) is 14.4. The molecule has 0 aliphatic carbocycles. The van der Waals surface area contributed by atoms with Gasteiger partial charge in [-0.15, -0.1) is 0 Å². The maximum absolute atomic E-state index is 11.6. The molecule has 0 aliphatic heterocycles. The Morgan fingerprint density at radius 2 is 1.89 bits per heavy atom. The molecule has 0 aromatic heterocycles. The smallest absolute Gasteiger partial charge is 0.325 e. The van der Waals surface area contributed by atoms with Gasteiger partial charge in [0.15, 0.2) is 0 Å². The molecule has 0 saturated carbocycles. The van der Waals surface area contributed by atoms with Crippen molar-refractivity contribution in [3.63, 3.8) is 0 Å². The second kappa shape index (κ2) is 10.2. The maximum atomic E-state index is 11.6. The number of ether oxygens (including phenoxy) is 2. The molecule has 0 saturated heterocycles. The first kappa shape index (κ1) is 18.4. The number of esters is 1. The van der Waals surface area contributed by atoms with Crippen LogP contribution in [-0.2, 0) is 14.3 Å². The van der Waals surface area contributed by atoms with Gasteiger partial charge in [-0.05, 0) is 53.6 Å². The summed E-state index contributed by atoms with van der Waals surface area (Å²) in [6.45, 7) is 9.37. The minimum Gasteiger partial charge on any atom is -0.465 e. The number of nitrogens with two attached hydrogens (primary N) is 1. The second-order valence-electron chi connectivity index (χ2n) is 5.10. The third-order valence-corrected chi connectivity index (χ3v) is 3.05. The lowest BCUT2D eigenvalue weighted by atomic mass is 9.96. The Hall–Kier alpha value is -0.650. The molecule has 1 unspecified atom stereocenters. The van der Waals surface area contributed by atoms with E-state index in [4.69, 9.17) is 15.2 Å². The first-order chi connectivity index (χ1) is 8.94. The molecule has 5 nitrogen and oxygen atoms in total. The quantitative estimate of drug-likeness (QED) is 0.456. The number of hydrogen-bond donors (Lipinski definition) is 1. The van der Waals surface area contributed by atoms with Crippen LogP contribution in [0.25, 0.3) is 0 Å². The summed E-state index contributed by atoms with van der Waals surface area (Å²) in [6, 6.07) is 0. The molecule has 1 atom stereocenters. The van der Waals surface area contributed by atoms with Crippen molar-refractivity contribution >= 4 is 5.97 Å². The van der Waals surface area contributed by atoms with Crippen molar-refractivity contribution in [2.45, 2.75) is 45.6 Å². The molecule has 114 valence electrons. The van der Waals surface area contributed by atoms with E-state index in [9.17, 15) is 4.79 Å². The molecule has 0 bridgehead atoms. The summed E-state index contributed by atoms with van der Waals surface area (Å²) in [5, 5.41) is 0. The van der Waals surface area contributed by atoms with E-state index in [0.29, 0.717) is 13.0 Å². The van der Waals surface area contributed by atoms with Crippen LogP contribution in [0.4, 0.5) is 0 Å². The molecule has 0 radical (unpaired) electrons. The number of likely N-dealkylation sites (N-methyl/N-ethyl adjacent to an activating group) is 1. The molecule has 0 fully saturated rings. The van der Waals surface area contributed by atoms with Gasteiger partial charge >= 0.3 is 5.97 Å². The molecule has 0 amide bonds. The number of unbranched alkanes of at least 4 members (excludes halogenated alkanes) is 1. The first-order valence-electron chi connectivity index (χ1n) is 7.16. The third kappa shape index (κ3) is 8.97. The van der Waals surface area contributed by atoms with Crippen molar-refractivity contribution in [3.8, 4) is 0 Å². The fourth-order valence-corrected chi connectivity index (χ4v) is 1.75. The van der Waals surface area contributed by atoms with Crippen LogP contribution < -0.4 is 5.73 Å². The summed E-state index contributed by atoms with van der Waals surface area (Å²) in [4.78, 5) is 13.8. The van der Waals surface area contributed by atoms with Crippen LogP contribution >= 0.6 is 0 Å². The summed E-state index contributed by atoms with van der Waals surface area (Å²) in [6.07, 6.45) is 2.60. The monoisotopic (exact) mass is 274 g/mol. The van der Waals surface area contributed by atoms with Gasteiger partial charge in [-0.1, -0.05) is 0 Å². The minimum absolute atomic E-state index is 0.306. The number of hydrogen-bond acceptors (Lipinski definition) is 5. The van der Waals surface area contributed by atoms with E-state index in [1.807, 2.05) is 6.92 Å². The Kier molecular flexibility index (Phi) is 9.83. The number of carbonyl (C=O) groups excluding carboxylic acids is 1. The molecule has 0 spiro atoms. The summed E-state index contributed by atoms with van der Waals surface area (Å²) in [7, 11) is 2.08. The van der Waals surface area contributed by atoms with Gasteiger partial charge < -0.3 is 20.1 Å². The molecular formula is C14H30N2O3. The second-order valence-corrected chi connectivity index (χ2v) is 5.10. The van der Waals surface area contributed by atoms with Gasteiger partial charge in [0.25, 0.3) is 0 Å². The molecule has 2 N–H and O–H groups in total. The molecule has 0 aromatic rings. The Labute approximate surface area is 117 Å². The molecule has 0 aromatic carbocycles. The van der Waals surface area contributed by atoms with Crippen LogP contribution in [0.1, 0.15) is 40.0 Å².